The van der Waals surface area contributed by atoms with Crippen LogP contribution in [0, 0.1) is 19.8 Å². The highest BCUT2D eigenvalue weighted by atomic mass is 32.1. The van der Waals surface area contributed by atoms with Crippen LogP contribution in [0.5, 0.6) is 0 Å². The standard InChI is InChI=1S/C17H24N4O2S/c1-10(2)8-21-12(4)14(11(3)20-21)6-7-16(23)19-17-18-15(9-24-17)13(5)22/h9-10H,6-8H2,1-5H3,(H,18,19,23). The summed E-state index contributed by atoms with van der Waals surface area (Å²) < 4.78 is 2.02. The number of anilines is 1. The summed E-state index contributed by atoms with van der Waals surface area (Å²) in [5, 5.41) is 9.45. The van der Waals surface area contributed by atoms with Crippen molar-refractivity contribution < 1.29 is 9.59 Å². The summed E-state index contributed by atoms with van der Waals surface area (Å²) in [6.45, 7) is 10.7. The topological polar surface area (TPSA) is 76.9 Å². The number of thiazole rings is 1. The Labute approximate surface area is 146 Å². The van der Waals surface area contributed by atoms with Gasteiger partial charge in [-0.3, -0.25) is 14.3 Å². The molecule has 2 aromatic rings. The number of Topliss-reactive ketones (excluding diaryl/α,β-unsaturated/α-hetero) is 1. The van der Waals surface area contributed by atoms with Crippen molar-refractivity contribution in [1.29, 1.82) is 0 Å². The zero-order valence-electron chi connectivity index (χ0n) is 14.8. The number of aromatic nitrogens is 3. The second-order valence-electron chi connectivity index (χ2n) is 6.37. The van der Waals surface area contributed by atoms with Crippen molar-refractivity contribution in [3.8, 4) is 0 Å². The first-order valence-electron chi connectivity index (χ1n) is 8.07. The van der Waals surface area contributed by atoms with Gasteiger partial charge in [0.15, 0.2) is 10.9 Å². The fraction of sp³-hybridized carbons (Fsp3) is 0.529. The monoisotopic (exact) mass is 348 g/mol. The summed E-state index contributed by atoms with van der Waals surface area (Å²) in [5.74, 6) is 0.324. The van der Waals surface area contributed by atoms with Gasteiger partial charge in [0.2, 0.25) is 5.91 Å². The van der Waals surface area contributed by atoms with Gasteiger partial charge in [-0.1, -0.05) is 13.8 Å². The third kappa shape index (κ3) is 4.50. The van der Waals surface area contributed by atoms with Crippen molar-refractivity contribution in [1.82, 2.24) is 14.8 Å². The molecule has 0 aliphatic carbocycles. The molecular weight excluding hydrogens is 324 g/mol. The van der Waals surface area contributed by atoms with E-state index < -0.39 is 0 Å². The van der Waals surface area contributed by atoms with Gasteiger partial charge in [-0.25, -0.2) is 4.98 Å². The average Bonchev–Trinajstić information content (AvgIpc) is 3.03. The van der Waals surface area contributed by atoms with Crippen LogP contribution in [0.25, 0.3) is 0 Å². The van der Waals surface area contributed by atoms with Gasteiger partial charge >= 0.3 is 0 Å². The molecule has 0 aliphatic heterocycles. The molecule has 2 aromatic heterocycles. The van der Waals surface area contributed by atoms with E-state index in [1.54, 1.807) is 5.38 Å². The summed E-state index contributed by atoms with van der Waals surface area (Å²) in [6, 6.07) is 0. The summed E-state index contributed by atoms with van der Waals surface area (Å²) in [6.07, 6.45) is 1.01. The van der Waals surface area contributed by atoms with Gasteiger partial charge in [0.25, 0.3) is 0 Å². The molecule has 2 rings (SSSR count). The molecule has 0 spiro atoms. The molecule has 0 saturated carbocycles. The molecular formula is C17H24N4O2S. The fourth-order valence-electron chi connectivity index (χ4n) is 2.53. The van der Waals surface area contributed by atoms with Crippen molar-refractivity contribution in [3.05, 3.63) is 28.0 Å². The number of nitrogens with zero attached hydrogens (tertiary/aromatic N) is 3. The van der Waals surface area contributed by atoms with E-state index in [0.717, 1.165) is 23.5 Å². The smallest absolute Gasteiger partial charge is 0.226 e. The fourth-order valence-corrected chi connectivity index (χ4v) is 3.30. The molecule has 0 atom stereocenters. The van der Waals surface area contributed by atoms with E-state index in [9.17, 15) is 9.59 Å². The van der Waals surface area contributed by atoms with Crippen molar-refractivity contribution in [3.63, 3.8) is 0 Å². The molecule has 130 valence electrons. The minimum atomic E-state index is -0.102. The van der Waals surface area contributed by atoms with Crippen LogP contribution in [0.1, 0.15) is 54.6 Å². The van der Waals surface area contributed by atoms with Crippen LogP contribution in [-0.2, 0) is 17.8 Å². The first-order valence-corrected chi connectivity index (χ1v) is 8.95. The Balaban J connectivity index is 1.96. The van der Waals surface area contributed by atoms with Gasteiger partial charge in [0.1, 0.15) is 5.69 Å². The van der Waals surface area contributed by atoms with E-state index in [2.05, 4.69) is 36.2 Å². The number of carbonyl (C=O) groups excluding carboxylic acids is 2. The van der Waals surface area contributed by atoms with Gasteiger partial charge in [-0.05, 0) is 31.7 Å². The number of ketones is 1. The zero-order chi connectivity index (χ0) is 17.9. The van der Waals surface area contributed by atoms with E-state index in [0.29, 0.717) is 29.6 Å². The van der Waals surface area contributed by atoms with E-state index in [-0.39, 0.29) is 11.7 Å². The van der Waals surface area contributed by atoms with Crippen LogP contribution in [0.2, 0.25) is 0 Å². The lowest BCUT2D eigenvalue weighted by Crippen LogP contribution is -2.13. The SMILES string of the molecule is CC(=O)c1csc(NC(=O)CCc2c(C)nn(CC(C)C)c2C)n1. The summed E-state index contributed by atoms with van der Waals surface area (Å²) >= 11 is 1.26. The molecule has 0 saturated heterocycles. The average molecular weight is 348 g/mol. The largest absolute Gasteiger partial charge is 0.302 e. The molecule has 1 amide bonds. The Morgan fingerprint density at radius 1 is 1.33 bits per heavy atom. The predicted octanol–water partition coefficient (Wildman–Crippen LogP) is 3.39. The molecule has 7 heteroatoms. The van der Waals surface area contributed by atoms with Crippen molar-refractivity contribution in [2.45, 2.75) is 54.0 Å². The minimum Gasteiger partial charge on any atom is -0.302 e. The lowest BCUT2D eigenvalue weighted by atomic mass is 10.1. The van der Waals surface area contributed by atoms with Gasteiger partial charge in [-0.2, -0.15) is 5.10 Å². The first-order chi connectivity index (χ1) is 11.3. The van der Waals surface area contributed by atoms with Crippen molar-refractivity contribution >= 4 is 28.2 Å². The van der Waals surface area contributed by atoms with E-state index in [1.807, 2.05) is 11.6 Å². The number of rotatable bonds is 7. The highest BCUT2D eigenvalue weighted by Crippen LogP contribution is 2.19. The molecule has 24 heavy (non-hydrogen) atoms. The minimum absolute atomic E-state index is 0.101. The van der Waals surface area contributed by atoms with E-state index >= 15 is 0 Å². The lowest BCUT2D eigenvalue weighted by Gasteiger charge is -2.08. The Bertz CT molecular complexity index is 746. The van der Waals surface area contributed by atoms with Gasteiger partial charge in [0.05, 0.1) is 5.69 Å². The molecule has 0 unspecified atom stereocenters. The molecule has 2 heterocycles. The second kappa shape index (κ2) is 7.70. The quantitative estimate of drug-likeness (QED) is 0.778. The zero-order valence-corrected chi connectivity index (χ0v) is 15.7. The van der Waals surface area contributed by atoms with Crippen LogP contribution < -0.4 is 5.32 Å². The Morgan fingerprint density at radius 2 is 2.04 bits per heavy atom. The van der Waals surface area contributed by atoms with Crippen LogP contribution in [0.15, 0.2) is 5.38 Å². The van der Waals surface area contributed by atoms with E-state index in [4.69, 9.17) is 0 Å². The van der Waals surface area contributed by atoms with Gasteiger partial charge < -0.3 is 5.32 Å². The van der Waals surface area contributed by atoms with Crippen LogP contribution in [0.3, 0.4) is 0 Å². The Kier molecular flexibility index (Phi) is 5.88. The molecule has 0 fully saturated rings. The number of aryl methyl sites for hydroxylation is 1. The molecule has 0 aromatic carbocycles. The van der Waals surface area contributed by atoms with Crippen molar-refractivity contribution in [2.24, 2.45) is 5.92 Å². The molecule has 6 nitrogen and oxygen atoms in total. The number of hydrogen-bond donors (Lipinski definition) is 1. The van der Waals surface area contributed by atoms with Crippen LogP contribution in [-0.4, -0.2) is 26.5 Å². The third-order valence-electron chi connectivity index (χ3n) is 3.78. The number of hydrogen-bond acceptors (Lipinski definition) is 5. The van der Waals surface area contributed by atoms with Gasteiger partial charge in [0, 0.05) is 31.0 Å². The second-order valence-corrected chi connectivity index (χ2v) is 7.23. The summed E-state index contributed by atoms with van der Waals surface area (Å²) in [7, 11) is 0. The van der Waals surface area contributed by atoms with Crippen LogP contribution >= 0.6 is 11.3 Å². The number of amides is 1. The predicted molar refractivity (Wildman–Crippen MR) is 95.6 cm³/mol. The summed E-state index contributed by atoms with van der Waals surface area (Å²) in [4.78, 5) is 27.4. The number of nitrogens with one attached hydrogen (secondary N) is 1. The maximum absolute atomic E-state index is 12.1. The molecule has 0 bridgehead atoms. The first kappa shape index (κ1) is 18.3. The summed E-state index contributed by atoms with van der Waals surface area (Å²) in [5.41, 5.74) is 3.63. The Morgan fingerprint density at radius 3 is 2.62 bits per heavy atom. The molecule has 1 N–H and O–H groups in total. The third-order valence-corrected chi connectivity index (χ3v) is 4.54. The van der Waals surface area contributed by atoms with Crippen LogP contribution in [0.4, 0.5) is 5.13 Å². The van der Waals surface area contributed by atoms with Crippen molar-refractivity contribution in [2.75, 3.05) is 5.32 Å². The normalized spacial score (nSPS) is 11.1. The lowest BCUT2D eigenvalue weighted by molar-refractivity contribution is -0.116. The molecule has 0 radical (unpaired) electrons. The highest BCUT2D eigenvalue weighted by molar-refractivity contribution is 7.14. The van der Waals surface area contributed by atoms with E-state index in [1.165, 1.54) is 18.3 Å². The molecule has 0 aliphatic rings. The maximum Gasteiger partial charge on any atom is 0.226 e. The van der Waals surface area contributed by atoms with Gasteiger partial charge in [-0.15, -0.1) is 11.3 Å². The highest BCUT2D eigenvalue weighted by Gasteiger charge is 2.15. The maximum atomic E-state index is 12.1. The number of carbonyl (C=O) groups is 2. The Hall–Kier alpha value is -2.02.